The Morgan fingerprint density at radius 1 is 1.09 bits per heavy atom. The van der Waals surface area contributed by atoms with Crippen molar-refractivity contribution in [2.75, 3.05) is 13.2 Å². The van der Waals surface area contributed by atoms with Crippen LogP contribution in [0.1, 0.15) is 86.0 Å². The highest BCUT2D eigenvalue weighted by molar-refractivity contribution is 6.74. The first-order valence-electron chi connectivity index (χ1n) is 13.2. The van der Waals surface area contributed by atoms with Crippen LogP contribution in [0.3, 0.4) is 0 Å². The normalized spacial score (nSPS) is 32.7. The molecule has 1 heterocycles. The molecular weight excluding hydrogens is 416 g/mol. The van der Waals surface area contributed by atoms with Gasteiger partial charge in [-0.05, 0) is 49.7 Å². The van der Waals surface area contributed by atoms with Crippen molar-refractivity contribution in [1.82, 2.24) is 0 Å². The number of fused-ring (bicyclic) bond motifs is 2. The van der Waals surface area contributed by atoms with Gasteiger partial charge in [0.25, 0.3) is 0 Å². The van der Waals surface area contributed by atoms with Crippen LogP contribution in [0.2, 0.25) is 18.1 Å². The molecule has 2 aliphatic carbocycles. The maximum absolute atomic E-state index is 10.9. The van der Waals surface area contributed by atoms with Gasteiger partial charge in [-0.2, -0.15) is 0 Å². The number of ether oxygens (including phenoxy) is 2. The Kier molecular flexibility index (Phi) is 8.59. The SMILES string of the molecule is CCCCCCC[C@@H](C#C[C@@H]1[C@H]2C(C)C3(OCCO3)[C@H]2CC[C@H]1O)O[Si](C)(C)C(C)(C)C. The van der Waals surface area contributed by atoms with Gasteiger partial charge in [-0.25, -0.2) is 0 Å². The molecule has 0 aromatic rings. The third kappa shape index (κ3) is 5.30. The molecule has 3 aliphatic rings. The van der Waals surface area contributed by atoms with Gasteiger partial charge in [0.15, 0.2) is 14.1 Å². The molecule has 1 aliphatic heterocycles. The molecule has 32 heavy (non-hydrogen) atoms. The van der Waals surface area contributed by atoms with E-state index in [0.29, 0.717) is 25.0 Å². The molecule has 1 unspecified atom stereocenters. The molecule has 184 valence electrons. The summed E-state index contributed by atoms with van der Waals surface area (Å²) in [4.78, 5) is 0. The average molecular weight is 465 g/mol. The Bertz CT molecular complexity index is 667. The highest BCUT2D eigenvalue weighted by Gasteiger charge is 2.67. The lowest BCUT2D eigenvalue weighted by atomic mass is 9.50. The van der Waals surface area contributed by atoms with Crippen molar-refractivity contribution in [3.8, 4) is 11.8 Å². The molecule has 5 heteroatoms. The van der Waals surface area contributed by atoms with Crippen LogP contribution >= 0.6 is 0 Å². The second kappa shape index (κ2) is 10.5. The van der Waals surface area contributed by atoms with Crippen LogP contribution < -0.4 is 0 Å². The van der Waals surface area contributed by atoms with Crippen molar-refractivity contribution in [2.24, 2.45) is 23.7 Å². The molecule has 6 atom stereocenters. The van der Waals surface area contributed by atoms with E-state index in [0.717, 1.165) is 25.7 Å². The highest BCUT2D eigenvalue weighted by Crippen LogP contribution is 2.61. The van der Waals surface area contributed by atoms with Crippen LogP contribution in [0.25, 0.3) is 0 Å². The standard InChI is InChI=1S/C27H48O4Si/c1-8-9-10-11-12-13-21(31-32(6,7)26(3,4)5)14-15-22-24(28)17-16-23-25(22)20(2)27(23)29-18-19-30-27/h20-25,28H,8-13,16-19H2,1-7H3/t20?,21-,22-,23-,24+,25+/m0/s1. The minimum Gasteiger partial charge on any atom is -0.403 e. The lowest BCUT2D eigenvalue weighted by molar-refractivity contribution is -0.334. The molecule has 1 N–H and O–H groups in total. The van der Waals surface area contributed by atoms with Gasteiger partial charge in [0.05, 0.1) is 25.2 Å². The molecule has 3 rings (SSSR count). The van der Waals surface area contributed by atoms with E-state index in [1.165, 1.54) is 25.7 Å². The number of hydrogen-bond donors (Lipinski definition) is 1. The Morgan fingerprint density at radius 2 is 1.75 bits per heavy atom. The van der Waals surface area contributed by atoms with Crippen molar-refractivity contribution in [1.29, 1.82) is 0 Å². The fourth-order valence-corrected chi connectivity index (χ4v) is 7.02. The first-order chi connectivity index (χ1) is 15.0. The van der Waals surface area contributed by atoms with Crippen molar-refractivity contribution >= 4 is 8.32 Å². The summed E-state index contributed by atoms with van der Waals surface area (Å²) in [7, 11) is -1.91. The predicted octanol–water partition coefficient (Wildman–Crippen LogP) is 6.14. The Hall–Kier alpha value is -0.383. The third-order valence-electron chi connectivity index (χ3n) is 8.76. The molecule has 0 aromatic heterocycles. The number of hydrogen-bond acceptors (Lipinski definition) is 4. The van der Waals surface area contributed by atoms with E-state index in [1.54, 1.807) is 0 Å². The minimum atomic E-state index is -1.91. The summed E-state index contributed by atoms with van der Waals surface area (Å²) in [6, 6.07) is 0. The quantitative estimate of drug-likeness (QED) is 0.266. The molecular formula is C27H48O4Si. The average Bonchev–Trinajstić information content (AvgIpc) is 3.23. The van der Waals surface area contributed by atoms with Gasteiger partial charge in [0, 0.05) is 11.8 Å². The molecule has 0 amide bonds. The monoisotopic (exact) mass is 464 g/mol. The molecule has 0 bridgehead atoms. The molecule has 4 nitrogen and oxygen atoms in total. The summed E-state index contributed by atoms with van der Waals surface area (Å²) >= 11 is 0. The van der Waals surface area contributed by atoms with Crippen LogP contribution in [0.15, 0.2) is 0 Å². The summed E-state index contributed by atoms with van der Waals surface area (Å²) in [5.74, 6) is 7.66. The first-order valence-corrected chi connectivity index (χ1v) is 16.1. The lowest BCUT2D eigenvalue weighted by Gasteiger charge is -2.61. The number of unbranched alkanes of at least 4 members (excludes halogenated alkanes) is 4. The van der Waals surface area contributed by atoms with Crippen molar-refractivity contribution < 1.29 is 19.0 Å². The molecule has 3 fully saturated rings. The van der Waals surface area contributed by atoms with Gasteiger partial charge in [0.2, 0.25) is 0 Å². The fraction of sp³-hybridized carbons (Fsp3) is 0.926. The molecule has 1 spiro atoms. The summed E-state index contributed by atoms with van der Waals surface area (Å²) in [5.41, 5.74) is 0. The Morgan fingerprint density at radius 3 is 2.38 bits per heavy atom. The zero-order valence-corrected chi connectivity index (χ0v) is 22.7. The maximum atomic E-state index is 10.9. The summed E-state index contributed by atoms with van der Waals surface area (Å²) in [6.07, 6.45) is 8.62. The van der Waals surface area contributed by atoms with E-state index >= 15 is 0 Å². The summed E-state index contributed by atoms with van der Waals surface area (Å²) < 4.78 is 18.9. The lowest BCUT2D eigenvalue weighted by Crippen LogP contribution is -2.67. The van der Waals surface area contributed by atoms with Gasteiger partial charge >= 0.3 is 0 Å². The number of rotatable bonds is 8. The van der Waals surface area contributed by atoms with Crippen molar-refractivity contribution in [3.05, 3.63) is 0 Å². The van der Waals surface area contributed by atoms with Crippen molar-refractivity contribution in [2.45, 2.75) is 122 Å². The second-order valence-electron chi connectivity index (χ2n) is 11.9. The number of aliphatic hydroxyl groups is 1. The van der Waals surface area contributed by atoms with Gasteiger partial charge in [-0.1, -0.05) is 72.1 Å². The fourth-order valence-electron chi connectivity index (χ4n) is 5.77. The molecule has 2 saturated carbocycles. The van der Waals surface area contributed by atoms with Crippen LogP contribution in [0, 0.1) is 35.5 Å². The van der Waals surface area contributed by atoms with E-state index in [-0.39, 0.29) is 29.1 Å². The van der Waals surface area contributed by atoms with Crippen LogP contribution in [-0.4, -0.2) is 44.6 Å². The topological polar surface area (TPSA) is 47.9 Å². The summed E-state index contributed by atoms with van der Waals surface area (Å²) in [6.45, 7) is 17.3. The molecule has 0 aromatic carbocycles. The third-order valence-corrected chi connectivity index (χ3v) is 13.2. The van der Waals surface area contributed by atoms with E-state index in [2.05, 4.69) is 59.6 Å². The molecule has 1 saturated heterocycles. The Balaban J connectivity index is 1.72. The van der Waals surface area contributed by atoms with E-state index < -0.39 is 14.1 Å². The van der Waals surface area contributed by atoms with E-state index in [4.69, 9.17) is 13.9 Å². The van der Waals surface area contributed by atoms with Crippen LogP contribution in [-0.2, 0) is 13.9 Å². The summed E-state index contributed by atoms with van der Waals surface area (Å²) in [5, 5.41) is 11.0. The van der Waals surface area contributed by atoms with Crippen LogP contribution in [0.4, 0.5) is 0 Å². The predicted molar refractivity (Wildman–Crippen MR) is 133 cm³/mol. The van der Waals surface area contributed by atoms with E-state index in [9.17, 15) is 5.11 Å². The van der Waals surface area contributed by atoms with Gasteiger partial charge in [-0.3, -0.25) is 0 Å². The van der Waals surface area contributed by atoms with Gasteiger partial charge in [0.1, 0.15) is 6.10 Å². The molecule has 0 radical (unpaired) electrons. The maximum Gasteiger partial charge on any atom is 0.193 e. The minimum absolute atomic E-state index is 0.00668. The van der Waals surface area contributed by atoms with Crippen LogP contribution in [0.5, 0.6) is 0 Å². The first kappa shape index (κ1) is 26.2. The van der Waals surface area contributed by atoms with Gasteiger partial charge < -0.3 is 19.0 Å². The van der Waals surface area contributed by atoms with Gasteiger partial charge in [-0.15, -0.1) is 0 Å². The smallest absolute Gasteiger partial charge is 0.193 e. The highest BCUT2D eigenvalue weighted by atomic mass is 28.4. The number of aliphatic hydroxyl groups excluding tert-OH is 1. The zero-order valence-electron chi connectivity index (χ0n) is 21.7. The van der Waals surface area contributed by atoms with Crippen molar-refractivity contribution in [3.63, 3.8) is 0 Å². The zero-order chi connectivity index (χ0) is 23.6. The van der Waals surface area contributed by atoms with E-state index in [1.807, 2.05) is 0 Å². The largest absolute Gasteiger partial charge is 0.403 e. The second-order valence-corrected chi connectivity index (χ2v) is 16.7. The Labute approximate surface area is 198 Å².